The molecule has 0 saturated carbocycles. The maximum atomic E-state index is 3.40. The SMILES string of the molecule is Cc1ccc(Br)c(Br)c1. The molecule has 1 aromatic rings. The predicted molar refractivity (Wildman–Crippen MR) is 46.6 cm³/mol. The first-order chi connectivity index (χ1) is 4.20. The van der Waals surface area contributed by atoms with Crippen LogP contribution in [0, 0.1) is 6.92 Å². The van der Waals surface area contributed by atoms with Crippen LogP contribution in [-0.2, 0) is 0 Å². The summed E-state index contributed by atoms with van der Waals surface area (Å²) >= 11 is 6.78. The smallest absolute Gasteiger partial charge is 0.0320 e. The molecule has 1 aromatic carbocycles. The zero-order valence-corrected chi connectivity index (χ0v) is 8.16. The Morgan fingerprint density at radius 3 is 2.22 bits per heavy atom. The van der Waals surface area contributed by atoms with Gasteiger partial charge in [0.15, 0.2) is 0 Å². The van der Waals surface area contributed by atoms with Crippen LogP contribution in [-0.4, -0.2) is 0 Å². The third-order valence-corrected chi connectivity index (χ3v) is 2.95. The quantitative estimate of drug-likeness (QED) is 0.660. The Kier molecular flexibility index (Phi) is 2.30. The van der Waals surface area contributed by atoms with Crippen LogP contribution in [0.15, 0.2) is 27.1 Å². The van der Waals surface area contributed by atoms with E-state index in [9.17, 15) is 0 Å². The first-order valence-electron chi connectivity index (χ1n) is 2.62. The molecule has 2 heteroatoms. The minimum atomic E-state index is 1.10. The van der Waals surface area contributed by atoms with Gasteiger partial charge >= 0.3 is 0 Å². The average molecular weight is 250 g/mol. The van der Waals surface area contributed by atoms with Crippen LogP contribution >= 0.6 is 31.9 Å². The molecule has 0 radical (unpaired) electrons. The molecule has 9 heavy (non-hydrogen) atoms. The second-order valence-electron chi connectivity index (χ2n) is 1.92. The molecule has 0 aliphatic carbocycles. The Morgan fingerprint density at radius 1 is 1.11 bits per heavy atom. The van der Waals surface area contributed by atoms with E-state index in [1.54, 1.807) is 0 Å². The van der Waals surface area contributed by atoms with E-state index < -0.39 is 0 Å². The van der Waals surface area contributed by atoms with Crippen molar-refractivity contribution in [2.75, 3.05) is 0 Å². The summed E-state index contributed by atoms with van der Waals surface area (Å²) in [6.07, 6.45) is 0. The van der Waals surface area contributed by atoms with Gasteiger partial charge in [0.25, 0.3) is 0 Å². The van der Waals surface area contributed by atoms with Gasteiger partial charge in [0.1, 0.15) is 0 Å². The van der Waals surface area contributed by atoms with E-state index in [1.165, 1.54) is 5.56 Å². The maximum absolute atomic E-state index is 3.40. The summed E-state index contributed by atoms with van der Waals surface area (Å²) in [7, 11) is 0. The van der Waals surface area contributed by atoms with Gasteiger partial charge in [-0.3, -0.25) is 0 Å². The number of aryl methyl sites for hydroxylation is 1. The Hall–Kier alpha value is 0.180. The summed E-state index contributed by atoms with van der Waals surface area (Å²) in [5.41, 5.74) is 1.27. The predicted octanol–water partition coefficient (Wildman–Crippen LogP) is 3.52. The van der Waals surface area contributed by atoms with Gasteiger partial charge in [-0.25, -0.2) is 0 Å². The van der Waals surface area contributed by atoms with E-state index in [0.29, 0.717) is 0 Å². The van der Waals surface area contributed by atoms with E-state index in [2.05, 4.69) is 50.9 Å². The van der Waals surface area contributed by atoms with Crippen molar-refractivity contribution >= 4 is 31.9 Å². The molecule has 0 heterocycles. The average Bonchev–Trinajstić information content (AvgIpc) is 1.80. The molecule has 0 aromatic heterocycles. The van der Waals surface area contributed by atoms with Gasteiger partial charge in [0, 0.05) is 8.95 Å². The summed E-state index contributed by atoms with van der Waals surface area (Å²) in [5.74, 6) is 0. The third-order valence-electron chi connectivity index (χ3n) is 1.08. The Bertz CT molecular complexity index is 218. The largest absolute Gasteiger partial charge is 0.0581 e. The van der Waals surface area contributed by atoms with Crippen molar-refractivity contribution in [3.63, 3.8) is 0 Å². The number of benzene rings is 1. The highest BCUT2D eigenvalue weighted by Gasteiger charge is 1.92. The fraction of sp³-hybridized carbons (Fsp3) is 0.143. The molecule has 0 fully saturated rings. The maximum Gasteiger partial charge on any atom is 0.0320 e. The van der Waals surface area contributed by atoms with Crippen molar-refractivity contribution in [2.45, 2.75) is 6.92 Å². The first-order valence-corrected chi connectivity index (χ1v) is 4.20. The molecule has 1 rings (SSSR count). The van der Waals surface area contributed by atoms with Gasteiger partial charge in [-0.15, -0.1) is 0 Å². The zero-order valence-electron chi connectivity index (χ0n) is 4.99. The standard InChI is InChI=1S/C7H6Br2/c1-5-2-3-6(8)7(9)4-5/h2-4H,1H3. The van der Waals surface area contributed by atoms with Crippen LogP contribution < -0.4 is 0 Å². The van der Waals surface area contributed by atoms with E-state index in [1.807, 2.05) is 6.07 Å². The molecule has 0 nitrogen and oxygen atoms in total. The normalized spacial score (nSPS) is 9.67. The highest BCUT2D eigenvalue weighted by atomic mass is 79.9. The summed E-state index contributed by atoms with van der Waals surface area (Å²) in [4.78, 5) is 0. The topological polar surface area (TPSA) is 0 Å². The minimum absolute atomic E-state index is 1.10. The van der Waals surface area contributed by atoms with Crippen LogP contribution in [0.5, 0.6) is 0 Å². The molecular weight excluding hydrogens is 244 g/mol. The molecule has 0 aliphatic heterocycles. The fourth-order valence-corrected chi connectivity index (χ4v) is 1.34. The second kappa shape index (κ2) is 2.84. The van der Waals surface area contributed by atoms with Gasteiger partial charge in [-0.05, 0) is 56.5 Å². The lowest BCUT2D eigenvalue weighted by atomic mass is 10.2. The minimum Gasteiger partial charge on any atom is -0.0581 e. The molecule has 0 N–H and O–H groups in total. The van der Waals surface area contributed by atoms with Gasteiger partial charge in [-0.2, -0.15) is 0 Å². The summed E-state index contributed by atoms with van der Waals surface area (Å²) in [6, 6.07) is 6.17. The Morgan fingerprint density at radius 2 is 1.78 bits per heavy atom. The van der Waals surface area contributed by atoms with E-state index in [-0.39, 0.29) is 0 Å². The van der Waals surface area contributed by atoms with E-state index >= 15 is 0 Å². The molecule has 0 aliphatic rings. The lowest BCUT2D eigenvalue weighted by Crippen LogP contribution is -1.71. The summed E-state index contributed by atoms with van der Waals surface area (Å²) in [5, 5.41) is 0. The third kappa shape index (κ3) is 1.80. The molecule has 0 amide bonds. The zero-order chi connectivity index (χ0) is 6.85. The van der Waals surface area contributed by atoms with E-state index in [0.717, 1.165) is 8.95 Å². The van der Waals surface area contributed by atoms with Crippen molar-refractivity contribution < 1.29 is 0 Å². The molecule has 0 bridgehead atoms. The summed E-state index contributed by atoms with van der Waals surface area (Å²) < 4.78 is 2.22. The fourth-order valence-electron chi connectivity index (χ4n) is 0.601. The van der Waals surface area contributed by atoms with E-state index in [4.69, 9.17) is 0 Å². The van der Waals surface area contributed by atoms with Crippen LogP contribution in [0.1, 0.15) is 5.56 Å². The molecule has 0 atom stereocenters. The number of halogens is 2. The lowest BCUT2D eigenvalue weighted by molar-refractivity contribution is 1.43. The number of rotatable bonds is 0. The monoisotopic (exact) mass is 248 g/mol. The van der Waals surface area contributed by atoms with Crippen LogP contribution in [0.3, 0.4) is 0 Å². The molecule has 0 unspecified atom stereocenters. The summed E-state index contributed by atoms with van der Waals surface area (Å²) in [6.45, 7) is 2.07. The van der Waals surface area contributed by atoms with Crippen molar-refractivity contribution in [1.82, 2.24) is 0 Å². The highest BCUT2D eigenvalue weighted by Crippen LogP contribution is 2.22. The number of hydrogen-bond donors (Lipinski definition) is 0. The molecule has 0 spiro atoms. The van der Waals surface area contributed by atoms with Gasteiger partial charge < -0.3 is 0 Å². The Balaban J connectivity index is 3.17. The number of hydrogen-bond acceptors (Lipinski definition) is 0. The van der Waals surface area contributed by atoms with Crippen LogP contribution in [0.4, 0.5) is 0 Å². The lowest BCUT2D eigenvalue weighted by Gasteiger charge is -1.95. The van der Waals surface area contributed by atoms with Crippen molar-refractivity contribution in [2.24, 2.45) is 0 Å². The molecule has 0 saturated heterocycles. The molecule has 48 valence electrons. The van der Waals surface area contributed by atoms with Gasteiger partial charge in [0.2, 0.25) is 0 Å². The van der Waals surface area contributed by atoms with Crippen molar-refractivity contribution in [3.05, 3.63) is 32.7 Å². The molecular formula is C7H6Br2. The van der Waals surface area contributed by atoms with Crippen molar-refractivity contribution in [3.8, 4) is 0 Å². The first kappa shape index (κ1) is 7.29. The highest BCUT2D eigenvalue weighted by molar-refractivity contribution is 9.13. The Labute approximate surface area is 71.5 Å². The van der Waals surface area contributed by atoms with Crippen LogP contribution in [0.2, 0.25) is 0 Å². The van der Waals surface area contributed by atoms with Gasteiger partial charge in [-0.1, -0.05) is 6.07 Å². The van der Waals surface area contributed by atoms with Crippen LogP contribution in [0.25, 0.3) is 0 Å². The van der Waals surface area contributed by atoms with Gasteiger partial charge in [0.05, 0.1) is 0 Å². The second-order valence-corrected chi connectivity index (χ2v) is 3.63. The van der Waals surface area contributed by atoms with Crippen molar-refractivity contribution in [1.29, 1.82) is 0 Å².